The lowest BCUT2D eigenvalue weighted by atomic mass is 9.87. The van der Waals surface area contributed by atoms with E-state index in [0.29, 0.717) is 5.78 Å². The summed E-state index contributed by atoms with van der Waals surface area (Å²) in [6, 6.07) is 0. The van der Waals surface area contributed by atoms with Crippen LogP contribution < -0.4 is 0 Å². The van der Waals surface area contributed by atoms with Gasteiger partial charge < -0.3 is 4.74 Å². The van der Waals surface area contributed by atoms with Crippen LogP contribution in [0.5, 0.6) is 0 Å². The van der Waals surface area contributed by atoms with Gasteiger partial charge in [0.2, 0.25) is 0 Å². The maximum atomic E-state index is 12.6. The number of carbonyl (C=O) groups excluding carboxylic acids is 1. The quantitative estimate of drug-likeness (QED) is 0.571. The molecule has 118 valence electrons. The Balaban J connectivity index is 2.33. The van der Waals surface area contributed by atoms with Gasteiger partial charge in [0.05, 0.1) is 18.8 Å². The molecule has 1 saturated heterocycles. The molecule has 3 heteroatoms. The van der Waals surface area contributed by atoms with Crippen molar-refractivity contribution in [3.8, 4) is 0 Å². The van der Waals surface area contributed by atoms with E-state index in [2.05, 4.69) is 25.7 Å². The molecule has 0 aromatic heterocycles. The van der Waals surface area contributed by atoms with Gasteiger partial charge in [-0.25, -0.2) is 0 Å². The van der Waals surface area contributed by atoms with Gasteiger partial charge in [-0.05, 0) is 19.8 Å². The highest BCUT2D eigenvalue weighted by Crippen LogP contribution is 2.24. The lowest BCUT2D eigenvalue weighted by Gasteiger charge is -2.41. The maximum absolute atomic E-state index is 12.6. The second kappa shape index (κ2) is 9.51. The number of rotatable bonds is 10. The smallest absolute Gasteiger partial charge is 0.152 e. The predicted octanol–water partition coefficient (Wildman–Crippen LogP) is 3.81. The Kier molecular flexibility index (Phi) is 8.39. The van der Waals surface area contributed by atoms with E-state index >= 15 is 0 Å². The number of carbonyl (C=O) groups is 1. The fourth-order valence-electron chi connectivity index (χ4n) is 2.99. The van der Waals surface area contributed by atoms with Crippen LogP contribution in [0.3, 0.4) is 0 Å². The molecule has 1 rings (SSSR count). The summed E-state index contributed by atoms with van der Waals surface area (Å²) in [5.41, 5.74) is -0.271. The van der Waals surface area contributed by atoms with E-state index in [4.69, 9.17) is 4.74 Å². The van der Waals surface area contributed by atoms with Crippen LogP contribution in [0.25, 0.3) is 0 Å². The van der Waals surface area contributed by atoms with Gasteiger partial charge in [0, 0.05) is 19.5 Å². The molecule has 0 bridgehead atoms. The van der Waals surface area contributed by atoms with E-state index in [-0.39, 0.29) is 5.54 Å². The van der Waals surface area contributed by atoms with Crippen LogP contribution in [0.2, 0.25) is 0 Å². The molecule has 0 N–H and O–H groups in total. The third kappa shape index (κ3) is 5.17. The number of Topliss-reactive ketones (excluding diaryl/α,β-unsaturated/α-hetero) is 1. The summed E-state index contributed by atoms with van der Waals surface area (Å²) >= 11 is 0. The number of ether oxygens (including phenoxy) is 1. The molecule has 0 radical (unpaired) electrons. The first-order valence-electron chi connectivity index (χ1n) is 8.51. The second-order valence-electron chi connectivity index (χ2n) is 6.17. The molecular weight excluding hydrogens is 250 g/mol. The highest BCUT2D eigenvalue weighted by atomic mass is 16.5. The van der Waals surface area contributed by atoms with Crippen molar-refractivity contribution in [1.29, 1.82) is 0 Å². The Morgan fingerprint density at radius 3 is 2.25 bits per heavy atom. The van der Waals surface area contributed by atoms with Crippen molar-refractivity contribution in [3.63, 3.8) is 0 Å². The molecule has 1 heterocycles. The van der Waals surface area contributed by atoms with Gasteiger partial charge in [0.25, 0.3) is 0 Å². The number of nitrogens with zero attached hydrogens (tertiary/aromatic N) is 1. The molecule has 1 unspecified atom stereocenters. The van der Waals surface area contributed by atoms with Gasteiger partial charge in [-0.1, -0.05) is 46.0 Å². The molecule has 0 aliphatic carbocycles. The third-order valence-electron chi connectivity index (χ3n) is 4.76. The number of ketones is 1. The molecule has 1 atom stereocenters. The summed E-state index contributed by atoms with van der Waals surface area (Å²) in [6.07, 6.45) is 9.12. The van der Waals surface area contributed by atoms with Crippen molar-refractivity contribution in [2.45, 2.75) is 77.7 Å². The Morgan fingerprint density at radius 1 is 1.05 bits per heavy atom. The van der Waals surface area contributed by atoms with Gasteiger partial charge in [0.1, 0.15) is 0 Å². The van der Waals surface area contributed by atoms with Crippen LogP contribution in [-0.4, -0.2) is 42.5 Å². The van der Waals surface area contributed by atoms with E-state index in [1.54, 1.807) is 0 Å². The predicted molar refractivity (Wildman–Crippen MR) is 84.1 cm³/mol. The Morgan fingerprint density at radius 2 is 1.65 bits per heavy atom. The maximum Gasteiger partial charge on any atom is 0.152 e. The number of hydrogen-bond donors (Lipinski definition) is 0. The topological polar surface area (TPSA) is 29.5 Å². The first-order valence-corrected chi connectivity index (χ1v) is 8.51. The Hall–Kier alpha value is -0.410. The molecule has 1 aliphatic rings. The largest absolute Gasteiger partial charge is 0.379 e. The minimum absolute atomic E-state index is 0.271. The minimum atomic E-state index is -0.271. The van der Waals surface area contributed by atoms with Crippen LogP contribution in [0, 0.1) is 0 Å². The van der Waals surface area contributed by atoms with Crippen LogP contribution in [0.1, 0.15) is 72.1 Å². The van der Waals surface area contributed by atoms with E-state index in [9.17, 15) is 4.79 Å². The van der Waals surface area contributed by atoms with E-state index in [0.717, 1.165) is 45.6 Å². The zero-order valence-corrected chi connectivity index (χ0v) is 13.7. The van der Waals surface area contributed by atoms with Crippen LogP contribution >= 0.6 is 0 Å². The van der Waals surface area contributed by atoms with Crippen LogP contribution in [0.15, 0.2) is 0 Å². The first-order chi connectivity index (χ1) is 9.65. The van der Waals surface area contributed by atoms with Crippen molar-refractivity contribution in [2.75, 3.05) is 26.3 Å². The first kappa shape index (κ1) is 17.6. The van der Waals surface area contributed by atoms with Gasteiger partial charge in [-0.15, -0.1) is 0 Å². The minimum Gasteiger partial charge on any atom is -0.379 e. The summed E-state index contributed by atoms with van der Waals surface area (Å²) in [4.78, 5) is 14.9. The van der Waals surface area contributed by atoms with Crippen molar-refractivity contribution in [3.05, 3.63) is 0 Å². The van der Waals surface area contributed by atoms with Crippen molar-refractivity contribution in [2.24, 2.45) is 0 Å². The zero-order chi connectivity index (χ0) is 14.8. The molecule has 1 aliphatic heterocycles. The highest BCUT2D eigenvalue weighted by molar-refractivity contribution is 5.87. The fourth-order valence-corrected chi connectivity index (χ4v) is 2.99. The molecule has 1 fully saturated rings. The average molecular weight is 283 g/mol. The lowest BCUT2D eigenvalue weighted by molar-refractivity contribution is -0.134. The third-order valence-corrected chi connectivity index (χ3v) is 4.76. The van der Waals surface area contributed by atoms with Gasteiger partial charge in [0.15, 0.2) is 5.78 Å². The van der Waals surface area contributed by atoms with Gasteiger partial charge >= 0.3 is 0 Å². The molecule has 3 nitrogen and oxygen atoms in total. The average Bonchev–Trinajstić information content (AvgIpc) is 2.50. The van der Waals surface area contributed by atoms with Crippen molar-refractivity contribution < 1.29 is 9.53 Å². The van der Waals surface area contributed by atoms with E-state index in [1.165, 1.54) is 32.1 Å². The summed E-state index contributed by atoms with van der Waals surface area (Å²) in [7, 11) is 0. The van der Waals surface area contributed by atoms with Gasteiger partial charge in [-0.2, -0.15) is 0 Å². The van der Waals surface area contributed by atoms with E-state index < -0.39 is 0 Å². The monoisotopic (exact) mass is 283 g/mol. The molecule has 20 heavy (non-hydrogen) atoms. The standard InChI is InChI=1S/C17H33NO2/c1-4-6-7-8-9-10-11-16(19)17(3,5-2)18-12-14-20-15-13-18/h4-15H2,1-3H3. The van der Waals surface area contributed by atoms with Crippen LogP contribution in [-0.2, 0) is 9.53 Å². The summed E-state index contributed by atoms with van der Waals surface area (Å²) in [6.45, 7) is 9.81. The summed E-state index contributed by atoms with van der Waals surface area (Å²) in [5.74, 6) is 0.428. The molecule has 0 aromatic carbocycles. The van der Waals surface area contributed by atoms with E-state index in [1.807, 2.05) is 0 Å². The molecule has 0 amide bonds. The highest BCUT2D eigenvalue weighted by Gasteiger charge is 2.37. The van der Waals surface area contributed by atoms with Crippen molar-refractivity contribution in [1.82, 2.24) is 4.90 Å². The summed E-state index contributed by atoms with van der Waals surface area (Å²) < 4.78 is 5.40. The number of unbranched alkanes of at least 4 members (excludes halogenated alkanes) is 5. The van der Waals surface area contributed by atoms with Gasteiger partial charge in [-0.3, -0.25) is 9.69 Å². The Bertz CT molecular complexity index is 274. The zero-order valence-electron chi connectivity index (χ0n) is 13.7. The lowest BCUT2D eigenvalue weighted by Crippen LogP contribution is -2.56. The van der Waals surface area contributed by atoms with Crippen molar-refractivity contribution >= 4 is 5.78 Å². The fraction of sp³-hybridized carbons (Fsp3) is 0.941. The molecule has 0 spiro atoms. The molecular formula is C17H33NO2. The molecule has 0 saturated carbocycles. The second-order valence-corrected chi connectivity index (χ2v) is 6.17. The number of morpholine rings is 1. The molecule has 0 aromatic rings. The SMILES string of the molecule is CCCCCCCCC(=O)C(C)(CC)N1CCOCC1. The normalized spacial score (nSPS) is 19.8. The summed E-state index contributed by atoms with van der Waals surface area (Å²) in [5, 5.41) is 0. The number of hydrogen-bond acceptors (Lipinski definition) is 3. The Labute approximate surface area is 125 Å². The van der Waals surface area contributed by atoms with Crippen LogP contribution in [0.4, 0.5) is 0 Å².